The Bertz CT molecular complexity index is 621. The largest absolute Gasteiger partial charge is 0.487 e. The Labute approximate surface area is 124 Å². The lowest BCUT2D eigenvalue weighted by Crippen LogP contribution is -2.40. The molecule has 0 saturated heterocycles. The zero-order valence-electron chi connectivity index (χ0n) is 12.7. The summed E-state index contributed by atoms with van der Waals surface area (Å²) in [6.45, 7) is 6.87. The molecule has 1 N–H and O–H groups in total. The lowest BCUT2D eigenvalue weighted by atomic mass is 9.89. The predicted molar refractivity (Wildman–Crippen MR) is 79.2 cm³/mol. The van der Waals surface area contributed by atoms with E-state index in [9.17, 15) is 0 Å². The number of rotatable bonds is 4. The fourth-order valence-electron chi connectivity index (χ4n) is 2.79. The number of hydrogen-bond donors (Lipinski definition) is 1. The van der Waals surface area contributed by atoms with Crippen LogP contribution in [0.5, 0.6) is 5.75 Å². The van der Waals surface area contributed by atoms with E-state index >= 15 is 0 Å². The average Bonchev–Trinajstić information content (AvgIpc) is 2.83. The third kappa shape index (κ3) is 3.24. The Morgan fingerprint density at radius 2 is 2.14 bits per heavy atom. The van der Waals surface area contributed by atoms with E-state index in [0.717, 1.165) is 31.0 Å². The quantitative estimate of drug-likeness (QED) is 0.937. The van der Waals surface area contributed by atoms with Crippen LogP contribution in [-0.2, 0) is 6.42 Å². The van der Waals surface area contributed by atoms with Crippen molar-refractivity contribution in [1.82, 2.24) is 15.5 Å². The standard InChI is InChI=1S/C16H21N3O2/c1-11-18-15(19-21-11)8-9-17-13-10-16(2,3)20-14-7-5-4-6-12(13)14/h4-7,13,17H,8-10H2,1-3H3. The summed E-state index contributed by atoms with van der Waals surface area (Å²) in [5, 5.41) is 7.51. The molecule has 21 heavy (non-hydrogen) atoms. The molecule has 112 valence electrons. The highest BCUT2D eigenvalue weighted by molar-refractivity contribution is 5.38. The Balaban J connectivity index is 1.67. The summed E-state index contributed by atoms with van der Waals surface area (Å²) in [6.07, 6.45) is 1.70. The van der Waals surface area contributed by atoms with Gasteiger partial charge in [0.25, 0.3) is 0 Å². The van der Waals surface area contributed by atoms with E-state index in [1.807, 2.05) is 12.1 Å². The van der Waals surface area contributed by atoms with E-state index < -0.39 is 0 Å². The third-order valence-corrected chi connectivity index (χ3v) is 3.69. The number of aromatic nitrogens is 2. The topological polar surface area (TPSA) is 60.2 Å². The number of nitrogens with zero attached hydrogens (tertiary/aromatic N) is 2. The first-order valence-corrected chi connectivity index (χ1v) is 7.34. The van der Waals surface area contributed by atoms with E-state index in [1.165, 1.54) is 5.56 Å². The molecule has 0 aliphatic carbocycles. The highest BCUT2D eigenvalue weighted by Gasteiger charge is 2.33. The summed E-state index contributed by atoms with van der Waals surface area (Å²) in [4.78, 5) is 4.22. The van der Waals surface area contributed by atoms with Crippen molar-refractivity contribution in [3.63, 3.8) is 0 Å². The summed E-state index contributed by atoms with van der Waals surface area (Å²) in [6, 6.07) is 8.52. The number of aryl methyl sites for hydroxylation is 1. The minimum Gasteiger partial charge on any atom is -0.487 e. The predicted octanol–water partition coefficient (Wildman–Crippen LogP) is 2.81. The molecule has 1 aliphatic heterocycles. The molecule has 0 fully saturated rings. The van der Waals surface area contributed by atoms with E-state index in [1.54, 1.807) is 6.92 Å². The molecule has 5 nitrogen and oxygen atoms in total. The number of fused-ring (bicyclic) bond motifs is 1. The molecule has 2 aromatic rings. The zero-order valence-corrected chi connectivity index (χ0v) is 12.7. The van der Waals surface area contributed by atoms with Crippen molar-refractivity contribution in [2.75, 3.05) is 6.54 Å². The average molecular weight is 287 g/mol. The number of benzene rings is 1. The van der Waals surface area contributed by atoms with E-state index in [-0.39, 0.29) is 11.6 Å². The van der Waals surface area contributed by atoms with Crippen molar-refractivity contribution >= 4 is 0 Å². The van der Waals surface area contributed by atoms with Crippen LogP contribution in [0.2, 0.25) is 0 Å². The molecular formula is C16H21N3O2. The van der Waals surface area contributed by atoms with Crippen molar-refractivity contribution in [2.24, 2.45) is 0 Å². The van der Waals surface area contributed by atoms with Crippen LogP contribution in [0.3, 0.4) is 0 Å². The van der Waals surface area contributed by atoms with Gasteiger partial charge in [0.05, 0.1) is 0 Å². The molecule has 0 bridgehead atoms. The van der Waals surface area contributed by atoms with Gasteiger partial charge in [-0.1, -0.05) is 23.4 Å². The monoisotopic (exact) mass is 287 g/mol. The molecule has 0 spiro atoms. The minimum atomic E-state index is -0.158. The number of nitrogens with one attached hydrogen (secondary N) is 1. The minimum absolute atomic E-state index is 0.158. The molecule has 0 radical (unpaired) electrons. The summed E-state index contributed by atoms with van der Waals surface area (Å²) in [5.41, 5.74) is 1.07. The van der Waals surface area contributed by atoms with Gasteiger partial charge in [0, 0.05) is 37.9 Å². The fourth-order valence-corrected chi connectivity index (χ4v) is 2.79. The summed E-state index contributed by atoms with van der Waals surface area (Å²) >= 11 is 0. The van der Waals surface area contributed by atoms with Crippen LogP contribution in [0.15, 0.2) is 28.8 Å². The van der Waals surface area contributed by atoms with Crippen molar-refractivity contribution < 1.29 is 9.26 Å². The maximum Gasteiger partial charge on any atom is 0.223 e. The Hall–Kier alpha value is -1.88. The van der Waals surface area contributed by atoms with Crippen molar-refractivity contribution in [3.8, 4) is 5.75 Å². The maximum atomic E-state index is 6.04. The molecule has 0 saturated carbocycles. The summed E-state index contributed by atoms with van der Waals surface area (Å²) in [7, 11) is 0. The molecule has 1 aliphatic rings. The Kier molecular flexibility index (Phi) is 3.68. The van der Waals surface area contributed by atoms with Gasteiger partial charge in [0.15, 0.2) is 5.82 Å². The second-order valence-corrected chi connectivity index (χ2v) is 6.09. The molecule has 2 heterocycles. The van der Waals surface area contributed by atoms with E-state index in [0.29, 0.717) is 5.89 Å². The summed E-state index contributed by atoms with van der Waals surface area (Å²) < 4.78 is 11.0. The van der Waals surface area contributed by atoms with Gasteiger partial charge in [0.2, 0.25) is 5.89 Å². The number of hydrogen-bond acceptors (Lipinski definition) is 5. The first kappa shape index (κ1) is 14.1. The van der Waals surface area contributed by atoms with Crippen LogP contribution < -0.4 is 10.1 Å². The van der Waals surface area contributed by atoms with Crippen LogP contribution in [0.25, 0.3) is 0 Å². The van der Waals surface area contributed by atoms with Gasteiger partial charge < -0.3 is 14.6 Å². The SMILES string of the molecule is Cc1nc(CCNC2CC(C)(C)Oc3ccccc32)no1. The second kappa shape index (κ2) is 5.48. The van der Waals surface area contributed by atoms with Crippen molar-refractivity contribution in [1.29, 1.82) is 0 Å². The van der Waals surface area contributed by atoms with Crippen LogP contribution in [0, 0.1) is 6.92 Å². The van der Waals surface area contributed by atoms with Gasteiger partial charge in [-0.15, -0.1) is 0 Å². The van der Waals surface area contributed by atoms with Gasteiger partial charge in [-0.05, 0) is 19.9 Å². The normalized spacial score (nSPS) is 19.9. The van der Waals surface area contributed by atoms with Gasteiger partial charge in [-0.25, -0.2) is 0 Å². The smallest absolute Gasteiger partial charge is 0.223 e. The fraction of sp³-hybridized carbons (Fsp3) is 0.500. The second-order valence-electron chi connectivity index (χ2n) is 6.09. The molecule has 5 heteroatoms. The van der Waals surface area contributed by atoms with Gasteiger partial charge in [-0.3, -0.25) is 0 Å². The molecule has 1 aromatic heterocycles. The third-order valence-electron chi connectivity index (χ3n) is 3.69. The van der Waals surface area contributed by atoms with Gasteiger partial charge in [0.1, 0.15) is 11.4 Å². The first-order valence-electron chi connectivity index (χ1n) is 7.34. The van der Waals surface area contributed by atoms with E-state index in [2.05, 4.69) is 41.4 Å². The van der Waals surface area contributed by atoms with Crippen molar-refractivity contribution in [3.05, 3.63) is 41.5 Å². The maximum absolute atomic E-state index is 6.04. The number of ether oxygens (including phenoxy) is 1. The zero-order chi connectivity index (χ0) is 14.9. The van der Waals surface area contributed by atoms with E-state index in [4.69, 9.17) is 9.26 Å². The van der Waals surface area contributed by atoms with Crippen molar-refractivity contribution in [2.45, 2.75) is 45.3 Å². The lowest BCUT2D eigenvalue weighted by molar-refractivity contribution is 0.0662. The molecule has 0 amide bonds. The van der Waals surface area contributed by atoms with Crippen LogP contribution in [0.4, 0.5) is 0 Å². The molecule has 1 atom stereocenters. The highest BCUT2D eigenvalue weighted by Crippen LogP contribution is 2.39. The Morgan fingerprint density at radius 3 is 2.90 bits per heavy atom. The summed E-state index contributed by atoms with van der Waals surface area (Å²) in [5.74, 6) is 2.34. The number of para-hydroxylation sites is 1. The van der Waals surface area contributed by atoms with Gasteiger partial charge >= 0.3 is 0 Å². The molecule has 1 unspecified atom stereocenters. The highest BCUT2D eigenvalue weighted by atomic mass is 16.5. The van der Waals surface area contributed by atoms with Crippen LogP contribution >= 0.6 is 0 Å². The van der Waals surface area contributed by atoms with Crippen LogP contribution in [-0.4, -0.2) is 22.3 Å². The Morgan fingerprint density at radius 1 is 1.33 bits per heavy atom. The molecular weight excluding hydrogens is 266 g/mol. The first-order chi connectivity index (χ1) is 10.0. The van der Waals surface area contributed by atoms with Gasteiger partial charge in [-0.2, -0.15) is 4.98 Å². The lowest BCUT2D eigenvalue weighted by Gasteiger charge is -2.38. The van der Waals surface area contributed by atoms with Crippen LogP contribution in [0.1, 0.15) is 43.6 Å². The molecule has 1 aromatic carbocycles. The molecule has 3 rings (SSSR count).